The summed E-state index contributed by atoms with van der Waals surface area (Å²) >= 11 is 0. The van der Waals surface area contributed by atoms with Crippen LogP contribution in [-0.2, 0) is 0 Å². The quantitative estimate of drug-likeness (QED) is 0.750. The van der Waals surface area contributed by atoms with Crippen molar-refractivity contribution >= 4 is 12.2 Å². The minimum atomic E-state index is 0.625. The highest BCUT2D eigenvalue weighted by Gasteiger charge is 2.08. The number of hydrogen-bond acceptors (Lipinski definition) is 1. The zero-order chi connectivity index (χ0) is 13.7. The minimum Gasteiger partial charge on any atom is -0.192 e. The Morgan fingerprint density at radius 1 is 0.947 bits per heavy atom. The predicted molar refractivity (Wildman–Crippen MR) is 82.9 cm³/mol. The van der Waals surface area contributed by atoms with E-state index in [1.165, 1.54) is 23.8 Å². The minimum absolute atomic E-state index is 0.625. The van der Waals surface area contributed by atoms with E-state index in [1.54, 1.807) is 0 Å². The fraction of sp³-hybridized carbons (Fsp3) is 0.235. The van der Waals surface area contributed by atoms with Crippen molar-refractivity contribution in [3.63, 3.8) is 0 Å². The van der Waals surface area contributed by atoms with Crippen LogP contribution in [0.5, 0.6) is 0 Å². The maximum atomic E-state index is 8.80. The van der Waals surface area contributed by atoms with Crippen molar-refractivity contribution in [3.05, 3.63) is 54.1 Å². The highest BCUT2D eigenvalue weighted by Crippen LogP contribution is 2.18. The monoisotopic (exact) mass is 247 g/mol. The van der Waals surface area contributed by atoms with Crippen molar-refractivity contribution in [1.29, 1.82) is 5.26 Å². The van der Waals surface area contributed by atoms with E-state index in [0.717, 1.165) is 5.56 Å². The molecular formula is C17H18BN. The van der Waals surface area contributed by atoms with Crippen LogP contribution in [0.15, 0.2) is 48.5 Å². The summed E-state index contributed by atoms with van der Waals surface area (Å²) in [4.78, 5) is 0. The number of nitrogens with zero attached hydrogens (tertiary/aromatic N) is 1. The smallest absolute Gasteiger partial charge is 0.172 e. The van der Waals surface area contributed by atoms with Crippen LogP contribution in [0.25, 0.3) is 11.1 Å². The van der Waals surface area contributed by atoms with E-state index in [-0.39, 0.29) is 0 Å². The summed E-state index contributed by atoms with van der Waals surface area (Å²) < 4.78 is 0. The van der Waals surface area contributed by atoms with Crippen molar-refractivity contribution in [3.8, 4) is 17.2 Å². The van der Waals surface area contributed by atoms with Crippen LogP contribution < -0.4 is 5.46 Å². The summed E-state index contributed by atoms with van der Waals surface area (Å²) in [6.45, 7) is 5.13. The van der Waals surface area contributed by atoms with Crippen molar-refractivity contribution < 1.29 is 0 Å². The summed E-state index contributed by atoms with van der Waals surface area (Å²) in [6, 6.07) is 18.6. The third kappa shape index (κ3) is 3.26. The third-order valence-electron chi connectivity index (χ3n) is 3.55. The molecule has 94 valence electrons. The Morgan fingerprint density at radius 2 is 1.47 bits per heavy atom. The van der Waals surface area contributed by atoms with E-state index in [1.807, 2.05) is 24.3 Å². The average molecular weight is 247 g/mol. The summed E-state index contributed by atoms with van der Waals surface area (Å²) in [5, 5.41) is 8.80. The first-order valence-corrected chi connectivity index (χ1v) is 6.85. The summed E-state index contributed by atoms with van der Waals surface area (Å²) in [7, 11) is 0. The van der Waals surface area contributed by atoms with E-state index in [2.05, 4.69) is 44.1 Å². The van der Waals surface area contributed by atoms with E-state index < -0.39 is 0 Å². The summed E-state index contributed by atoms with van der Waals surface area (Å²) in [6.07, 6.45) is 2.45. The van der Waals surface area contributed by atoms with Crippen LogP contribution in [0, 0.1) is 11.3 Å². The molecule has 0 saturated carbocycles. The van der Waals surface area contributed by atoms with Gasteiger partial charge in [0.2, 0.25) is 0 Å². The first-order chi connectivity index (χ1) is 9.24. The second kappa shape index (κ2) is 6.25. The van der Waals surface area contributed by atoms with Gasteiger partial charge in [-0.2, -0.15) is 5.26 Å². The normalized spacial score (nSPS) is 9.95. The number of nitriles is 1. The van der Waals surface area contributed by atoms with Crippen LogP contribution in [0.2, 0.25) is 13.1 Å². The molecule has 0 aliphatic carbocycles. The lowest BCUT2D eigenvalue weighted by molar-refractivity contribution is 1.07. The van der Waals surface area contributed by atoms with Crippen LogP contribution >= 0.6 is 0 Å². The Labute approximate surface area is 116 Å². The largest absolute Gasteiger partial charge is 0.192 e. The van der Waals surface area contributed by atoms with Gasteiger partial charge in [0.25, 0.3) is 0 Å². The fourth-order valence-electron chi connectivity index (χ4n) is 2.34. The lowest BCUT2D eigenvalue weighted by Crippen LogP contribution is -2.25. The second-order valence-corrected chi connectivity index (χ2v) is 5.00. The molecule has 0 fully saturated rings. The lowest BCUT2D eigenvalue weighted by Gasteiger charge is -2.08. The molecule has 2 heteroatoms. The zero-order valence-corrected chi connectivity index (χ0v) is 11.6. The topological polar surface area (TPSA) is 23.8 Å². The molecule has 0 amide bonds. The molecule has 0 saturated heterocycles. The second-order valence-electron chi connectivity index (χ2n) is 5.00. The van der Waals surface area contributed by atoms with Crippen molar-refractivity contribution in [2.75, 3.05) is 0 Å². The first kappa shape index (κ1) is 13.4. The molecule has 0 spiro atoms. The molecular weight excluding hydrogens is 229 g/mol. The lowest BCUT2D eigenvalue weighted by atomic mass is 9.44. The Morgan fingerprint density at radius 3 is 1.95 bits per heavy atom. The SMILES string of the molecule is CCCB(C)c1ccc(-c2ccc(C#N)cc2)cc1. The van der Waals surface area contributed by atoms with E-state index in [9.17, 15) is 0 Å². The maximum Gasteiger partial charge on any atom is 0.172 e. The van der Waals surface area contributed by atoms with Gasteiger partial charge < -0.3 is 0 Å². The first-order valence-electron chi connectivity index (χ1n) is 6.85. The van der Waals surface area contributed by atoms with Gasteiger partial charge in [0.15, 0.2) is 6.71 Å². The van der Waals surface area contributed by atoms with Crippen molar-refractivity contribution in [1.82, 2.24) is 0 Å². The molecule has 0 bridgehead atoms. The van der Waals surface area contributed by atoms with E-state index in [4.69, 9.17) is 5.26 Å². The standard InChI is InChI=1S/C17H18BN/c1-3-12-18(2)17-10-8-16(9-11-17)15-6-4-14(13-19)5-7-15/h4-11H,3,12H2,1-2H3. The van der Waals surface area contributed by atoms with Gasteiger partial charge in [0.05, 0.1) is 11.6 Å². The van der Waals surface area contributed by atoms with E-state index >= 15 is 0 Å². The molecule has 19 heavy (non-hydrogen) atoms. The molecule has 1 nitrogen and oxygen atoms in total. The van der Waals surface area contributed by atoms with Gasteiger partial charge in [-0.05, 0) is 23.3 Å². The predicted octanol–water partition coefficient (Wildman–Crippen LogP) is 3.97. The maximum absolute atomic E-state index is 8.80. The molecule has 2 aromatic rings. The average Bonchev–Trinajstić information content (AvgIpc) is 2.48. The molecule has 0 radical (unpaired) electrons. The molecule has 0 atom stereocenters. The van der Waals surface area contributed by atoms with Crippen LogP contribution in [-0.4, -0.2) is 6.71 Å². The Hall–Kier alpha value is -2.01. The third-order valence-corrected chi connectivity index (χ3v) is 3.55. The number of hydrogen-bond donors (Lipinski definition) is 0. The molecule has 0 N–H and O–H groups in total. The van der Waals surface area contributed by atoms with Crippen LogP contribution in [0.3, 0.4) is 0 Å². The van der Waals surface area contributed by atoms with Crippen LogP contribution in [0.1, 0.15) is 18.9 Å². The zero-order valence-electron chi connectivity index (χ0n) is 11.6. The van der Waals surface area contributed by atoms with E-state index in [0.29, 0.717) is 12.3 Å². The summed E-state index contributed by atoms with van der Waals surface area (Å²) in [5.74, 6) is 0. The highest BCUT2D eigenvalue weighted by molar-refractivity contribution is 6.71. The van der Waals surface area contributed by atoms with Crippen molar-refractivity contribution in [2.24, 2.45) is 0 Å². The Balaban J connectivity index is 2.20. The highest BCUT2D eigenvalue weighted by atomic mass is 14.2. The molecule has 0 unspecified atom stereocenters. The number of rotatable bonds is 4. The van der Waals surface area contributed by atoms with Gasteiger partial charge in [-0.1, -0.05) is 68.3 Å². The molecule has 0 aliphatic heterocycles. The molecule has 2 aromatic carbocycles. The van der Waals surface area contributed by atoms with Gasteiger partial charge >= 0.3 is 0 Å². The Bertz CT molecular complexity index is 564. The molecule has 0 aliphatic rings. The summed E-state index contributed by atoms with van der Waals surface area (Å²) in [5.41, 5.74) is 4.47. The fourth-order valence-corrected chi connectivity index (χ4v) is 2.34. The van der Waals surface area contributed by atoms with Gasteiger partial charge in [-0.15, -0.1) is 0 Å². The molecule has 2 rings (SSSR count). The molecule has 0 aromatic heterocycles. The molecule has 0 heterocycles. The Kier molecular flexibility index (Phi) is 4.41. The van der Waals surface area contributed by atoms with Gasteiger partial charge in [0.1, 0.15) is 0 Å². The number of benzene rings is 2. The van der Waals surface area contributed by atoms with Gasteiger partial charge in [-0.3, -0.25) is 0 Å². The van der Waals surface area contributed by atoms with Crippen molar-refractivity contribution in [2.45, 2.75) is 26.5 Å². The van der Waals surface area contributed by atoms with Crippen LogP contribution in [0.4, 0.5) is 0 Å². The van der Waals surface area contributed by atoms with Gasteiger partial charge in [-0.25, -0.2) is 0 Å². The van der Waals surface area contributed by atoms with Gasteiger partial charge in [0, 0.05) is 0 Å².